The summed E-state index contributed by atoms with van der Waals surface area (Å²) in [6.45, 7) is 1.74. The Kier molecular flexibility index (Phi) is 5.41. The van der Waals surface area contributed by atoms with Crippen molar-refractivity contribution in [2.45, 2.75) is 19.0 Å². The predicted octanol–water partition coefficient (Wildman–Crippen LogP) is 2.07. The Hall–Kier alpha value is -3.42. The number of carbonyl (C=O) groups is 2. The molecule has 0 radical (unpaired) electrons. The number of nitrogens with one attached hydrogen (secondary N) is 2. The van der Waals surface area contributed by atoms with Crippen LogP contribution in [0.15, 0.2) is 42.5 Å². The van der Waals surface area contributed by atoms with Crippen LogP contribution in [0.25, 0.3) is 0 Å². The van der Waals surface area contributed by atoms with Crippen molar-refractivity contribution < 1.29 is 23.8 Å². The number of benzene rings is 2. The van der Waals surface area contributed by atoms with Crippen molar-refractivity contribution in [1.29, 1.82) is 0 Å². The van der Waals surface area contributed by atoms with E-state index in [1.807, 2.05) is 30.3 Å². The first kappa shape index (κ1) is 18.9. The second-order valence-corrected chi connectivity index (χ2v) is 6.87. The molecule has 0 aliphatic carbocycles. The first-order chi connectivity index (χ1) is 14.1. The van der Waals surface area contributed by atoms with Crippen LogP contribution in [-0.2, 0) is 11.3 Å². The van der Waals surface area contributed by atoms with Crippen LogP contribution < -0.4 is 29.7 Å². The third-order valence-electron chi connectivity index (χ3n) is 4.93. The molecule has 2 aliphatic rings. The van der Waals surface area contributed by atoms with Gasteiger partial charge in [-0.2, -0.15) is 0 Å². The molecule has 1 unspecified atom stereocenters. The van der Waals surface area contributed by atoms with Gasteiger partial charge in [0.05, 0.1) is 13.2 Å². The number of ether oxygens (including phenoxy) is 3. The van der Waals surface area contributed by atoms with Gasteiger partial charge >= 0.3 is 6.03 Å². The molecule has 0 spiro atoms. The largest absolute Gasteiger partial charge is 0.496 e. The number of hydrogen-bond donors (Lipinski definition) is 2. The fourth-order valence-corrected chi connectivity index (χ4v) is 3.51. The number of fused-ring (bicyclic) bond motifs is 1. The van der Waals surface area contributed by atoms with E-state index >= 15 is 0 Å². The minimum atomic E-state index is -0.322. The summed E-state index contributed by atoms with van der Waals surface area (Å²) >= 11 is 0. The van der Waals surface area contributed by atoms with Crippen LogP contribution in [0.1, 0.15) is 12.0 Å². The Bertz CT molecular complexity index is 917. The maximum atomic E-state index is 12.5. The van der Waals surface area contributed by atoms with E-state index in [1.165, 1.54) is 0 Å². The second-order valence-electron chi connectivity index (χ2n) is 6.87. The molecule has 1 atom stereocenters. The van der Waals surface area contributed by atoms with Crippen molar-refractivity contribution in [3.05, 3.63) is 48.0 Å². The normalized spacial score (nSPS) is 17.8. The quantitative estimate of drug-likeness (QED) is 0.806. The lowest BCUT2D eigenvalue weighted by atomic mass is 10.2. The van der Waals surface area contributed by atoms with Crippen molar-refractivity contribution in [2.75, 3.05) is 31.8 Å². The van der Waals surface area contributed by atoms with Gasteiger partial charge in [-0.15, -0.1) is 0 Å². The van der Waals surface area contributed by atoms with Crippen LogP contribution in [0.2, 0.25) is 0 Å². The van der Waals surface area contributed by atoms with Crippen molar-refractivity contribution in [3.8, 4) is 17.2 Å². The number of rotatable bonds is 5. The van der Waals surface area contributed by atoms with E-state index in [1.54, 1.807) is 24.1 Å². The molecule has 8 nitrogen and oxygen atoms in total. The summed E-state index contributed by atoms with van der Waals surface area (Å²) in [6.07, 6.45) is 0.247. The second kappa shape index (κ2) is 8.30. The maximum Gasteiger partial charge on any atom is 0.315 e. The lowest BCUT2D eigenvalue weighted by Crippen LogP contribution is -2.43. The average molecular weight is 397 g/mol. The van der Waals surface area contributed by atoms with Gasteiger partial charge in [0.25, 0.3) is 0 Å². The molecule has 4 rings (SSSR count). The number of para-hydroxylation sites is 1. The molecule has 2 aromatic rings. The highest BCUT2D eigenvalue weighted by Crippen LogP contribution is 2.35. The van der Waals surface area contributed by atoms with E-state index in [-0.39, 0.29) is 24.4 Å². The zero-order valence-corrected chi connectivity index (χ0v) is 16.1. The Balaban J connectivity index is 1.34. The van der Waals surface area contributed by atoms with E-state index in [4.69, 9.17) is 14.2 Å². The summed E-state index contributed by atoms with van der Waals surface area (Å²) in [7, 11) is 1.59. The van der Waals surface area contributed by atoms with Gasteiger partial charge < -0.3 is 29.7 Å². The molecule has 152 valence electrons. The fourth-order valence-electron chi connectivity index (χ4n) is 3.51. The van der Waals surface area contributed by atoms with Crippen LogP contribution >= 0.6 is 0 Å². The molecule has 3 amide bonds. The highest BCUT2D eigenvalue weighted by atomic mass is 16.6. The number of methoxy groups -OCH3 is 1. The zero-order valence-electron chi connectivity index (χ0n) is 16.1. The topological polar surface area (TPSA) is 89.1 Å². The maximum absolute atomic E-state index is 12.5. The molecule has 2 heterocycles. The van der Waals surface area contributed by atoms with Crippen molar-refractivity contribution in [1.82, 2.24) is 10.6 Å². The van der Waals surface area contributed by atoms with Crippen LogP contribution in [-0.4, -0.2) is 44.8 Å². The summed E-state index contributed by atoms with van der Waals surface area (Å²) in [4.78, 5) is 26.4. The van der Waals surface area contributed by atoms with E-state index in [9.17, 15) is 9.59 Å². The lowest BCUT2D eigenvalue weighted by Gasteiger charge is -2.22. The molecule has 2 N–H and O–H groups in total. The van der Waals surface area contributed by atoms with Gasteiger partial charge in [0.2, 0.25) is 5.91 Å². The highest BCUT2D eigenvalue weighted by Gasteiger charge is 2.32. The van der Waals surface area contributed by atoms with Gasteiger partial charge in [0.15, 0.2) is 11.5 Å². The standard InChI is InChI=1S/C21H23N3O5/c1-27-17-5-3-2-4-14(17)12-22-21(26)23-15-10-20(25)24(13-15)16-6-7-18-19(11-16)29-9-8-28-18/h2-7,11,15H,8-10,12-13H2,1H3,(H2,22,23,26). The number of nitrogens with zero attached hydrogens (tertiary/aromatic N) is 1. The summed E-state index contributed by atoms with van der Waals surface area (Å²) in [5.74, 6) is 1.98. The van der Waals surface area contributed by atoms with Crippen LogP contribution in [0.5, 0.6) is 17.2 Å². The van der Waals surface area contributed by atoms with E-state index in [2.05, 4.69) is 10.6 Å². The first-order valence-electron chi connectivity index (χ1n) is 9.50. The number of urea groups is 1. The van der Waals surface area contributed by atoms with Crippen molar-refractivity contribution >= 4 is 17.6 Å². The third kappa shape index (κ3) is 4.21. The zero-order chi connectivity index (χ0) is 20.2. The molecule has 1 saturated heterocycles. The summed E-state index contributed by atoms with van der Waals surface area (Å²) in [5.41, 5.74) is 1.61. The smallest absolute Gasteiger partial charge is 0.315 e. The van der Waals surface area contributed by atoms with E-state index < -0.39 is 0 Å². The molecule has 29 heavy (non-hydrogen) atoms. The van der Waals surface area contributed by atoms with E-state index in [0.717, 1.165) is 11.3 Å². The SMILES string of the molecule is COc1ccccc1CNC(=O)NC1CC(=O)N(c2ccc3c(c2)OCCO3)C1. The summed E-state index contributed by atoms with van der Waals surface area (Å²) in [5, 5.41) is 5.68. The number of amides is 3. The average Bonchev–Trinajstić information content (AvgIpc) is 3.11. The van der Waals surface area contributed by atoms with Gasteiger partial charge in [-0.1, -0.05) is 18.2 Å². The van der Waals surface area contributed by atoms with Gasteiger partial charge in [0.1, 0.15) is 19.0 Å². The minimum Gasteiger partial charge on any atom is -0.496 e. The number of anilines is 1. The minimum absolute atomic E-state index is 0.0447. The first-order valence-corrected chi connectivity index (χ1v) is 9.50. The van der Waals surface area contributed by atoms with Crippen molar-refractivity contribution in [2.24, 2.45) is 0 Å². The van der Waals surface area contributed by atoms with Gasteiger partial charge in [0, 0.05) is 36.8 Å². The Morgan fingerprint density at radius 1 is 1.17 bits per heavy atom. The van der Waals surface area contributed by atoms with E-state index in [0.29, 0.717) is 43.6 Å². The van der Waals surface area contributed by atoms with Crippen LogP contribution in [0.4, 0.5) is 10.5 Å². The molecule has 2 aromatic carbocycles. The summed E-state index contributed by atoms with van der Waals surface area (Å²) < 4.78 is 16.4. The molecule has 8 heteroatoms. The highest BCUT2D eigenvalue weighted by molar-refractivity contribution is 5.97. The fraction of sp³-hybridized carbons (Fsp3) is 0.333. The molecular weight excluding hydrogens is 374 g/mol. The predicted molar refractivity (Wildman–Crippen MR) is 107 cm³/mol. The van der Waals surface area contributed by atoms with Crippen LogP contribution in [0.3, 0.4) is 0 Å². The molecule has 2 aliphatic heterocycles. The Morgan fingerprint density at radius 2 is 1.97 bits per heavy atom. The number of hydrogen-bond acceptors (Lipinski definition) is 5. The third-order valence-corrected chi connectivity index (χ3v) is 4.93. The van der Waals surface area contributed by atoms with Gasteiger partial charge in [-0.05, 0) is 18.2 Å². The van der Waals surface area contributed by atoms with Gasteiger partial charge in [-0.25, -0.2) is 4.79 Å². The molecular formula is C21H23N3O5. The molecule has 0 aromatic heterocycles. The number of carbonyl (C=O) groups excluding carboxylic acids is 2. The molecule has 1 fully saturated rings. The monoisotopic (exact) mass is 397 g/mol. The van der Waals surface area contributed by atoms with Crippen LogP contribution in [0, 0.1) is 0 Å². The Morgan fingerprint density at radius 3 is 2.79 bits per heavy atom. The molecule has 0 bridgehead atoms. The molecule has 0 saturated carbocycles. The summed E-state index contributed by atoms with van der Waals surface area (Å²) in [6, 6.07) is 12.3. The van der Waals surface area contributed by atoms with Gasteiger partial charge in [-0.3, -0.25) is 4.79 Å². The van der Waals surface area contributed by atoms with Crippen molar-refractivity contribution in [3.63, 3.8) is 0 Å². The lowest BCUT2D eigenvalue weighted by molar-refractivity contribution is -0.117. The Labute approximate surface area is 168 Å².